The first kappa shape index (κ1) is 12.7. The van der Waals surface area contributed by atoms with E-state index in [1.54, 1.807) is 0 Å². The monoisotopic (exact) mass is 239 g/mol. The van der Waals surface area contributed by atoms with E-state index in [-0.39, 0.29) is 0 Å². The lowest BCUT2D eigenvalue weighted by Crippen LogP contribution is -2.40. The third-order valence-corrected chi connectivity index (χ3v) is 4.38. The first-order chi connectivity index (χ1) is 8.17. The quantitative estimate of drug-likeness (QED) is 0.334. The highest BCUT2D eigenvalue weighted by Gasteiger charge is 2.44. The highest BCUT2D eigenvalue weighted by Crippen LogP contribution is 2.49. The zero-order valence-electron chi connectivity index (χ0n) is 10.9. The first-order valence-electron chi connectivity index (χ1n) is 6.86. The predicted molar refractivity (Wildman–Crippen MR) is 69.1 cm³/mol. The molecule has 1 unspecified atom stereocenters. The molecule has 1 saturated heterocycles. The van der Waals surface area contributed by atoms with Gasteiger partial charge in [-0.25, -0.2) is 0 Å². The number of hydrogen-bond acceptors (Lipinski definition) is 3. The van der Waals surface area contributed by atoms with E-state index in [1.807, 2.05) is 0 Å². The molecule has 0 spiro atoms. The standard InChI is InChI=1S/C13H25N3O/c1-2-11-4-3-7-16(9-11)10-13(5-6-13)8-12(14)15-17/h11,17H,2-10H2,1H3,(H2,14,15). The number of nitrogens with two attached hydrogens (primary N) is 1. The predicted octanol–water partition coefficient (Wildman–Crippen LogP) is 2.03. The number of rotatable bonds is 5. The normalized spacial score (nSPS) is 29.2. The molecule has 2 aliphatic rings. The van der Waals surface area contributed by atoms with Gasteiger partial charge >= 0.3 is 0 Å². The molecule has 1 heterocycles. The molecule has 1 aliphatic carbocycles. The summed E-state index contributed by atoms with van der Waals surface area (Å²) in [6.45, 7) is 5.90. The summed E-state index contributed by atoms with van der Waals surface area (Å²) in [5.41, 5.74) is 5.96. The lowest BCUT2D eigenvalue weighted by atomic mass is 9.93. The molecular formula is C13H25N3O. The highest BCUT2D eigenvalue weighted by atomic mass is 16.4. The smallest absolute Gasteiger partial charge is 0.139 e. The van der Waals surface area contributed by atoms with E-state index in [2.05, 4.69) is 17.0 Å². The summed E-state index contributed by atoms with van der Waals surface area (Å²) in [5, 5.41) is 11.8. The largest absolute Gasteiger partial charge is 0.409 e. The number of nitrogens with zero attached hydrogens (tertiary/aromatic N) is 2. The number of hydrogen-bond donors (Lipinski definition) is 2. The molecule has 2 fully saturated rings. The lowest BCUT2D eigenvalue weighted by Gasteiger charge is -2.34. The molecule has 1 aliphatic heterocycles. The third-order valence-electron chi connectivity index (χ3n) is 4.38. The molecule has 1 atom stereocenters. The van der Waals surface area contributed by atoms with Crippen molar-refractivity contribution < 1.29 is 5.21 Å². The van der Waals surface area contributed by atoms with Crippen molar-refractivity contribution in [1.29, 1.82) is 0 Å². The van der Waals surface area contributed by atoms with Crippen molar-refractivity contribution in [2.24, 2.45) is 22.2 Å². The molecular weight excluding hydrogens is 214 g/mol. The van der Waals surface area contributed by atoms with Gasteiger partial charge in [0.15, 0.2) is 0 Å². The summed E-state index contributed by atoms with van der Waals surface area (Å²) in [6, 6.07) is 0. The Labute approximate surface area is 104 Å². The van der Waals surface area contributed by atoms with Gasteiger partial charge in [0.25, 0.3) is 0 Å². The lowest BCUT2D eigenvalue weighted by molar-refractivity contribution is 0.143. The maximum atomic E-state index is 8.66. The van der Waals surface area contributed by atoms with Gasteiger partial charge in [-0.2, -0.15) is 0 Å². The van der Waals surface area contributed by atoms with E-state index < -0.39 is 0 Å². The number of amidine groups is 1. The zero-order chi connectivity index (χ0) is 12.3. The maximum absolute atomic E-state index is 8.66. The van der Waals surface area contributed by atoms with E-state index in [1.165, 1.54) is 45.2 Å². The van der Waals surface area contributed by atoms with Crippen molar-refractivity contribution >= 4 is 5.84 Å². The summed E-state index contributed by atoms with van der Waals surface area (Å²) >= 11 is 0. The third kappa shape index (κ3) is 3.35. The summed E-state index contributed by atoms with van der Waals surface area (Å²) in [7, 11) is 0. The number of piperidine rings is 1. The molecule has 1 saturated carbocycles. The Morgan fingerprint density at radius 1 is 1.53 bits per heavy atom. The fourth-order valence-electron chi connectivity index (χ4n) is 3.09. The van der Waals surface area contributed by atoms with Crippen molar-refractivity contribution in [3.8, 4) is 0 Å². The van der Waals surface area contributed by atoms with Crippen LogP contribution in [0.5, 0.6) is 0 Å². The second kappa shape index (κ2) is 5.25. The van der Waals surface area contributed by atoms with Crippen LogP contribution in [-0.4, -0.2) is 35.6 Å². The van der Waals surface area contributed by atoms with Crippen LogP contribution in [0.25, 0.3) is 0 Å². The molecule has 0 aromatic heterocycles. The zero-order valence-corrected chi connectivity index (χ0v) is 10.9. The average Bonchev–Trinajstić information content (AvgIpc) is 3.08. The first-order valence-corrected chi connectivity index (χ1v) is 6.86. The SMILES string of the molecule is CCC1CCCN(CC2(CC(N)=NO)CC2)C1. The van der Waals surface area contributed by atoms with Crippen LogP contribution in [-0.2, 0) is 0 Å². The van der Waals surface area contributed by atoms with Crippen molar-refractivity contribution in [3.05, 3.63) is 0 Å². The highest BCUT2D eigenvalue weighted by molar-refractivity contribution is 5.80. The molecule has 0 radical (unpaired) electrons. The topological polar surface area (TPSA) is 61.8 Å². The molecule has 4 nitrogen and oxygen atoms in total. The maximum Gasteiger partial charge on any atom is 0.139 e. The Morgan fingerprint density at radius 2 is 2.29 bits per heavy atom. The van der Waals surface area contributed by atoms with Crippen LogP contribution in [0.4, 0.5) is 0 Å². The second-order valence-electron chi connectivity index (χ2n) is 5.92. The van der Waals surface area contributed by atoms with E-state index in [0.29, 0.717) is 11.3 Å². The molecule has 4 heteroatoms. The van der Waals surface area contributed by atoms with E-state index in [9.17, 15) is 0 Å². The molecule has 17 heavy (non-hydrogen) atoms. The van der Waals surface area contributed by atoms with Gasteiger partial charge in [-0.15, -0.1) is 0 Å². The molecule has 2 rings (SSSR count). The van der Waals surface area contributed by atoms with Crippen molar-refractivity contribution in [3.63, 3.8) is 0 Å². The fourth-order valence-corrected chi connectivity index (χ4v) is 3.09. The van der Waals surface area contributed by atoms with E-state index in [0.717, 1.165) is 18.9 Å². The van der Waals surface area contributed by atoms with E-state index >= 15 is 0 Å². The molecule has 0 aromatic rings. The molecule has 0 bridgehead atoms. The van der Waals surface area contributed by atoms with Gasteiger partial charge < -0.3 is 15.8 Å². The van der Waals surface area contributed by atoms with Gasteiger partial charge in [0.2, 0.25) is 0 Å². The Kier molecular flexibility index (Phi) is 3.92. The number of oxime groups is 1. The van der Waals surface area contributed by atoms with Crippen LogP contribution >= 0.6 is 0 Å². The van der Waals surface area contributed by atoms with Crippen LogP contribution in [0.15, 0.2) is 5.16 Å². The molecule has 98 valence electrons. The number of likely N-dealkylation sites (tertiary alicyclic amines) is 1. The summed E-state index contributed by atoms with van der Waals surface area (Å²) in [4.78, 5) is 2.59. The van der Waals surface area contributed by atoms with Gasteiger partial charge in [-0.05, 0) is 43.6 Å². The fraction of sp³-hybridized carbons (Fsp3) is 0.923. The summed E-state index contributed by atoms with van der Waals surface area (Å²) in [6.07, 6.45) is 7.24. The van der Waals surface area contributed by atoms with Gasteiger partial charge in [0.05, 0.1) is 0 Å². The Bertz CT molecular complexity index is 286. The minimum absolute atomic E-state index is 0.325. The Balaban J connectivity index is 1.83. The molecule has 0 aromatic carbocycles. The van der Waals surface area contributed by atoms with Crippen LogP contribution in [0.3, 0.4) is 0 Å². The van der Waals surface area contributed by atoms with Gasteiger partial charge in [0.1, 0.15) is 5.84 Å². The molecule has 0 amide bonds. The van der Waals surface area contributed by atoms with Crippen molar-refractivity contribution in [2.75, 3.05) is 19.6 Å². The van der Waals surface area contributed by atoms with Crippen LogP contribution in [0.2, 0.25) is 0 Å². The van der Waals surface area contributed by atoms with Gasteiger partial charge in [0, 0.05) is 19.5 Å². The average molecular weight is 239 g/mol. The van der Waals surface area contributed by atoms with Crippen LogP contribution < -0.4 is 5.73 Å². The van der Waals surface area contributed by atoms with E-state index in [4.69, 9.17) is 10.9 Å². The van der Waals surface area contributed by atoms with Crippen molar-refractivity contribution in [2.45, 2.75) is 45.4 Å². The van der Waals surface area contributed by atoms with Crippen LogP contribution in [0, 0.1) is 11.3 Å². The Hall–Kier alpha value is -0.770. The summed E-state index contributed by atoms with van der Waals surface area (Å²) < 4.78 is 0. The Morgan fingerprint density at radius 3 is 2.88 bits per heavy atom. The van der Waals surface area contributed by atoms with Crippen molar-refractivity contribution in [1.82, 2.24) is 4.90 Å². The molecule has 3 N–H and O–H groups in total. The minimum Gasteiger partial charge on any atom is -0.409 e. The van der Waals surface area contributed by atoms with Gasteiger partial charge in [-0.3, -0.25) is 0 Å². The second-order valence-corrected chi connectivity index (χ2v) is 5.92. The minimum atomic E-state index is 0.325. The van der Waals surface area contributed by atoms with Crippen LogP contribution in [0.1, 0.15) is 45.4 Å². The van der Waals surface area contributed by atoms with Gasteiger partial charge in [-0.1, -0.05) is 18.5 Å². The summed E-state index contributed by atoms with van der Waals surface area (Å²) in [5.74, 6) is 1.27.